The molecule has 4 N–H and O–H groups in total. The van der Waals surface area contributed by atoms with Gasteiger partial charge < -0.3 is 15.6 Å². The molecule has 1 saturated carbocycles. The van der Waals surface area contributed by atoms with Gasteiger partial charge in [-0.3, -0.25) is 20.8 Å². The lowest BCUT2D eigenvalue weighted by Crippen LogP contribution is -2.34. The molecule has 1 amide bonds. The molecular weight excluding hydrogens is 274 g/mol. The molecule has 0 radical (unpaired) electrons. The van der Waals surface area contributed by atoms with Crippen molar-refractivity contribution in [3.8, 4) is 0 Å². The highest BCUT2D eigenvalue weighted by Crippen LogP contribution is 2.28. The second-order valence-corrected chi connectivity index (χ2v) is 5.07. The monoisotopic (exact) mass is 293 g/mol. The first-order chi connectivity index (χ1) is 10.0. The van der Waals surface area contributed by atoms with Crippen LogP contribution in [0.5, 0.6) is 0 Å². The van der Waals surface area contributed by atoms with E-state index in [1.165, 1.54) is 25.0 Å². The summed E-state index contributed by atoms with van der Waals surface area (Å²) in [7, 11) is 2.01. The summed E-state index contributed by atoms with van der Waals surface area (Å²) >= 11 is 0. The molecule has 2 rings (SSSR count). The summed E-state index contributed by atoms with van der Waals surface area (Å²) in [6.07, 6.45) is 2.39. The first-order valence-corrected chi connectivity index (χ1v) is 6.77. The average Bonchev–Trinajstić information content (AvgIpc) is 3.30. The molecule has 1 aromatic carbocycles. The van der Waals surface area contributed by atoms with Crippen LogP contribution in [0.15, 0.2) is 18.2 Å². The van der Waals surface area contributed by atoms with Crippen LogP contribution in [0.2, 0.25) is 0 Å². The minimum Gasteiger partial charge on any atom is -0.351 e. The summed E-state index contributed by atoms with van der Waals surface area (Å²) in [6.45, 7) is 1.17. The average molecular weight is 293 g/mol. The van der Waals surface area contributed by atoms with Gasteiger partial charge in [-0.15, -0.1) is 0 Å². The molecule has 8 nitrogen and oxygen atoms in total. The number of para-hydroxylation sites is 1. The molecule has 1 aliphatic carbocycles. The van der Waals surface area contributed by atoms with E-state index in [-0.39, 0.29) is 16.9 Å². The van der Waals surface area contributed by atoms with E-state index in [9.17, 15) is 14.9 Å². The number of hydrazine groups is 1. The third-order valence-electron chi connectivity index (χ3n) is 3.54. The molecule has 0 saturated heterocycles. The van der Waals surface area contributed by atoms with Crippen LogP contribution >= 0.6 is 0 Å². The van der Waals surface area contributed by atoms with Crippen LogP contribution in [0.4, 0.5) is 11.4 Å². The Hall–Kier alpha value is -2.19. The number of nitrogen functional groups attached to an aromatic ring is 1. The lowest BCUT2D eigenvalue weighted by molar-refractivity contribution is -0.384. The molecule has 0 aromatic heterocycles. The van der Waals surface area contributed by atoms with E-state index in [1.54, 1.807) is 6.07 Å². The summed E-state index contributed by atoms with van der Waals surface area (Å²) < 4.78 is 0. The van der Waals surface area contributed by atoms with Crippen LogP contribution in [0.3, 0.4) is 0 Å². The van der Waals surface area contributed by atoms with Gasteiger partial charge in [0.1, 0.15) is 11.3 Å². The summed E-state index contributed by atoms with van der Waals surface area (Å²) in [5.41, 5.74) is 2.05. The Morgan fingerprint density at radius 3 is 2.81 bits per heavy atom. The van der Waals surface area contributed by atoms with Crippen LogP contribution in [-0.2, 0) is 0 Å². The summed E-state index contributed by atoms with van der Waals surface area (Å²) in [5, 5.41) is 13.8. The molecule has 1 aromatic rings. The van der Waals surface area contributed by atoms with E-state index < -0.39 is 10.8 Å². The third kappa shape index (κ3) is 3.67. The zero-order chi connectivity index (χ0) is 15.4. The predicted octanol–water partition coefficient (Wildman–Crippen LogP) is 0.704. The summed E-state index contributed by atoms with van der Waals surface area (Å²) in [4.78, 5) is 24.8. The number of amides is 1. The fraction of sp³-hybridized carbons (Fsp3) is 0.462. The fourth-order valence-electron chi connectivity index (χ4n) is 2.18. The van der Waals surface area contributed by atoms with E-state index in [0.717, 1.165) is 6.54 Å². The van der Waals surface area contributed by atoms with Gasteiger partial charge in [-0.1, -0.05) is 6.07 Å². The number of carbonyl (C=O) groups excluding carboxylic acids is 1. The zero-order valence-electron chi connectivity index (χ0n) is 11.8. The quantitative estimate of drug-likeness (QED) is 0.387. The lowest BCUT2D eigenvalue weighted by atomic mass is 10.1. The lowest BCUT2D eigenvalue weighted by Gasteiger charge is -2.15. The van der Waals surface area contributed by atoms with Crippen molar-refractivity contribution in [3.05, 3.63) is 33.9 Å². The SMILES string of the molecule is CN(CCNC(=O)c1cccc(NN)c1[N+](=O)[O-])C1CC1. The van der Waals surface area contributed by atoms with Crippen molar-refractivity contribution in [2.24, 2.45) is 5.84 Å². The largest absolute Gasteiger partial charge is 0.351 e. The van der Waals surface area contributed by atoms with E-state index in [2.05, 4.69) is 15.6 Å². The Morgan fingerprint density at radius 2 is 2.24 bits per heavy atom. The van der Waals surface area contributed by atoms with Crippen LogP contribution in [0.1, 0.15) is 23.2 Å². The van der Waals surface area contributed by atoms with Crippen LogP contribution in [0, 0.1) is 10.1 Å². The first kappa shape index (κ1) is 15.2. The predicted molar refractivity (Wildman–Crippen MR) is 78.9 cm³/mol. The normalized spacial score (nSPS) is 14.0. The molecule has 21 heavy (non-hydrogen) atoms. The number of likely N-dealkylation sites (N-methyl/N-ethyl adjacent to an activating group) is 1. The maximum atomic E-state index is 12.1. The van der Waals surface area contributed by atoms with Gasteiger partial charge >= 0.3 is 5.69 Å². The van der Waals surface area contributed by atoms with Crippen molar-refractivity contribution in [3.63, 3.8) is 0 Å². The van der Waals surface area contributed by atoms with Gasteiger partial charge in [-0.05, 0) is 32.0 Å². The van der Waals surface area contributed by atoms with Crippen molar-refractivity contribution in [1.29, 1.82) is 0 Å². The number of hydrogen-bond donors (Lipinski definition) is 3. The number of nitrogens with two attached hydrogens (primary N) is 1. The van der Waals surface area contributed by atoms with Crippen molar-refractivity contribution < 1.29 is 9.72 Å². The molecule has 8 heteroatoms. The second-order valence-electron chi connectivity index (χ2n) is 5.07. The number of hydrogen-bond acceptors (Lipinski definition) is 6. The van der Waals surface area contributed by atoms with Gasteiger partial charge in [-0.2, -0.15) is 0 Å². The van der Waals surface area contributed by atoms with E-state index in [0.29, 0.717) is 12.6 Å². The second kappa shape index (κ2) is 6.51. The van der Waals surface area contributed by atoms with E-state index in [1.807, 2.05) is 7.05 Å². The number of nitro groups is 1. The Bertz CT molecular complexity index is 545. The maximum Gasteiger partial charge on any atom is 0.306 e. The van der Waals surface area contributed by atoms with Crippen molar-refractivity contribution in [1.82, 2.24) is 10.2 Å². The summed E-state index contributed by atoms with van der Waals surface area (Å²) in [5.74, 6) is 4.78. The van der Waals surface area contributed by atoms with Gasteiger partial charge in [0.2, 0.25) is 0 Å². The Kier molecular flexibility index (Phi) is 4.71. The van der Waals surface area contributed by atoms with Crippen LogP contribution < -0.4 is 16.6 Å². The molecule has 114 valence electrons. The third-order valence-corrected chi connectivity index (χ3v) is 3.54. The topological polar surface area (TPSA) is 114 Å². The van der Waals surface area contributed by atoms with Crippen LogP contribution in [-0.4, -0.2) is 41.9 Å². The zero-order valence-corrected chi connectivity index (χ0v) is 11.8. The standard InChI is InChI=1S/C13H19N5O3/c1-17(9-5-6-9)8-7-15-13(19)10-3-2-4-11(16-14)12(10)18(20)21/h2-4,9,16H,5-8,14H2,1H3,(H,15,19). The fourth-order valence-corrected chi connectivity index (χ4v) is 2.18. The Morgan fingerprint density at radius 1 is 1.52 bits per heavy atom. The van der Waals surface area contributed by atoms with Gasteiger partial charge in [0.25, 0.3) is 5.91 Å². The van der Waals surface area contributed by atoms with Crippen LogP contribution in [0.25, 0.3) is 0 Å². The summed E-state index contributed by atoms with van der Waals surface area (Å²) in [6, 6.07) is 5.03. The van der Waals surface area contributed by atoms with Crippen molar-refractivity contribution >= 4 is 17.3 Å². The number of nitro benzene ring substituents is 1. The van der Waals surface area contributed by atoms with Crippen molar-refractivity contribution in [2.45, 2.75) is 18.9 Å². The highest BCUT2D eigenvalue weighted by molar-refractivity contribution is 6.00. The molecular formula is C13H19N5O3. The highest BCUT2D eigenvalue weighted by Gasteiger charge is 2.26. The molecule has 0 spiro atoms. The molecule has 0 bridgehead atoms. The molecule has 0 aliphatic heterocycles. The van der Waals surface area contributed by atoms with Gasteiger partial charge in [0, 0.05) is 19.1 Å². The molecule has 0 unspecified atom stereocenters. The minimum atomic E-state index is -0.611. The molecule has 0 atom stereocenters. The van der Waals surface area contributed by atoms with E-state index in [4.69, 9.17) is 5.84 Å². The molecule has 1 fully saturated rings. The number of carbonyl (C=O) groups is 1. The Labute approximate surface area is 122 Å². The van der Waals surface area contributed by atoms with E-state index >= 15 is 0 Å². The van der Waals surface area contributed by atoms with Gasteiger partial charge in [-0.25, -0.2) is 0 Å². The number of anilines is 1. The van der Waals surface area contributed by atoms with Crippen molar-refractivity contribution in [2.75, 3.05) is 25.6 Å². The number of benzene rings is 1. The van der Waals surface area contributed by atoms with Gasteiger partial charge in [0.15, 0.2) is 0 Å². The minimum absolute atomic E-state index is 0.00419. The first-order valence-electron chi connectivity index (χ1n) is 6.77. The van der Waals surface area contributed by atoms with Gasteiger partial charge in [0.05, 0.1) is 4.92 Å². The molecule has 0 heterocycles. The maximum absolute atomic E-state index is 12.1. The number of nitrogens with zero attached hydrogens (tertiary/aromatic N) is 2. The highest BCUT2D eigenvalue weighted by atomic mass is 16.6. The Balaban J connectivity index is 2.02. The molecule has 1 aliphatic rings. The number of nitrogens with one attached hydrogen (secondary N) is 2. The number of rotatable bonds is 7. The smallest absolute Gasteiger partial charge is 0.306 e.